The molecule has 0 radical (unpaired) electrons. The van der Waals surface area contributed by atoms with Crippen LogP contribution in [0, 0.1) is 0 Å². The van der Waals surface area contributed by atoms with E-state index in [4.69, 9.17) is 0 Å². The summed E-state index contributed by atoms with van der Waals surface area (Å²) in [6, 6.07) is 7.48. The second-order valence-electron chi connectivity index (χ2n) is 7.89. The average molecular weight is 398 g/mol. The molecule has 0 bridgehead atoms. The molecule has 1 aromatic heterocycles. The van der Waals surface area contributed by atoms with Gasteiger partial charge in [-0.3, -0.25) is 14.4 Å². The van der Waals surface area contributed by atoms with Gasteiger partial charge in [-0.15, -0.1) is 0 Å². The maximum atomic E-state index is 12.9. The standard InChI is InChI=1S/C23H31N3O3/c1-3-4-13-24(2)23(29)22(28)19-16-26(20-12-8-7-11-18(19)20)17-21(27)25-14-9-5-6-10-15-25/h7-8,11-12,16H,3-6,9-10,13-15,17H2,1-2H3. The fourth-order valence-corrected chi connectivity index (χ4v) is 3.91. The number of hydrogen-bond acceptors (Lipinski definition) is 3. The molecule has 1 aliphatic heterocycles. The Balaban J connectivity index is 1.84. The Hall–Kier alpha value is -2.63. The Morgan fingerprint density at radius 2 is 1.72 bits per heavy atom. The largest absolute Gasteiger partial charge is 0.341 e. The number of aromatic nitrogens is 1. The Labute approximate surface area is 172 Å². The number of nitrogens with zero attached hydrogens (tertiary/aromatic N) is 3. The number of hydrogen-bond donors (Lipinski definition) is 0. The van der Waals surface area contributed by atoms with Gasteiger partial charge in [0.05, 0.1) is 5.56 Å². The number of unbranched alkanes of at least 4 members (excludes halogenated alkanes) is 1. The Bertz CT molecular complexity index is 879. The molecule has 2 heterocycles. The Morgan fingerprint density at radius 1 is 1.03 bits per heavy atom. The van der Waals surface area contributed by atoms with Gasteiger partial charge >= 0.3 is 0 Å². The van der Waals surface area contributed by atoms with Gasteiger partial charge in [0, 0.05) is 43.8 Å². The summed E-state index contributed by atoms with van der Waals surface area (Å²) >= 11 is 0. The molecule has 6 heteroatoms. The van der Waals surface area contributed by atoms with Crippen molar-refractivity contribution >= 4 is 28.5 Å². The normalized spacial score (nSPS) is 14.6. The molecule has 156 valence electrons. The van der Waals surface area contributed by atoms with Crippen molar-refractivity contribution < 1.29 is 14.4 Å². The van der Waals surface area contributed by atoms with Crippen LogP contribution in [0.1, 0.15) is 55.8 Å². The van der Waals surface area contributed by atoms with Gasteiger partial charge < -0.3 is 14.4 Å². The first-order valence-electron chi connectivity index (χ1n) is 10.7. The summed E-state index contributed by atoms with van der Waals surface area (Å²) in [4.78, 5) is 41.8. The minimum absolute atomic E-state index is 0.0676. The summed E-state index contributed by atoms with van der Waals surface area (Å²) in [6.45, 7) is 4.39. The molecule has 2 aromatic rings. The topological polar surface area (TPSA) is 62.6 Å². The van der Waals surface area contributed by atoms with E-state index in [2.05, 4.69) is 6.92 Å². The molecule has 2 amide bonds. The molecule has 1 saturated heterocycles. The number of para-hydroxylation sites is 1. The molecular formula is C23H31N3O3. The summed E-state index contributed by atoms with van der Waals surface area (Å²) in [5.74, 6) is -0.945. The van der Waals surface area contributed by atoms with Gasteiger partial charge in [-0.1, -0.05) is 44.4 Å². The van der Waals surface area contributed by atoms with Crippen molar-refractivity contribution in [1.82, 2.24) is 14.4 Å². The fourth-order valence-electron chi connectivity index (χ4n) is 3.91. The van der Waals surface area contributed by atoms with Crippen molar-refractivity contribution in [2.75, 3.05) is 26.7 Å². The summed E-state index contributed by atoms with van der Waals surface area (Å²) in [5.41, 5.74) is 1.18. The third kappa shape index (κ3) is 4.86. The number of carbonyl (C=O) groups is 3. The molecule has 1 aliphatic rings. The predicted molar refractivity (Wildman–Crippen MR) is 114 cm³/mol. The molecule has 0 spiro atoms. The van der Waals surface area contributed by atoms with Gasteiger partial charge in [-0.05, 0) is 25.3 Å². The van der Waals surface area contributed by atoms with Crippen LogP contribution in [0.15, 0.2) is 30.5 Å². The minimum Gasteiger partial charge on any atom is -0.341 e. The lowest BCUT2D eigenvalue weighted by Gasteiger charge is -2.20. The first kappa shape index (κ1) is 21.1. The molecule has 1 aromatic carbocycles. The minimum atomic E-state index is -0.513. The highest BCUT2D eigenvalue weighted by Gasteiger charge is 2.25. The van der Waals surface area contributed by atoms with Gasteiger partial charge in [0.15, 0.2) is 0 Å². The first-order chi connectivity index (χ1) is 14.0. The van der Waals surface area contributed by atoms with E-state index in [9.17, 15) is 14.4 Å². The number of likely N-dealkylation sites (tertiary alicyclic amines) is 1. The number of amides is 2. The van der Waals surface area contributed by atoms with Crippen molar-refractivity contribution in [3.63, 3.8) is 0 Å². The number of ketones is 1. The molecule has 0 unspecified atom stereocenters. The fraction of sp³-hybridized carbons (Fsp3) is 0.522. The van der Waals surface area contributed by atoms with E-state index >= 15 is 0 Å². The molecule has 0 atom stereocenters. The average Bonchev–Trinajstić information content (AvgIpc) is 2.91. The molecule has 1 fully saturated rings. The summed E-state index contributed by atoms with van der Waals surface area (Å²) in [5, 5.41) is 0.721. The lowest BCUT2D eigenvalue weighted by molar-refractivity contribution is -0.131. The van der Waals surface area contributed by atoms with Gasteiger partial charge in [0.25, 0.3) is 11.7 Å². The Kier molecular flexibility index (Phi) is 7.07. The second kappa shape index (κ2) is 9.72. The lowest BCUT2D eigenvalue weighted by atomic mass is 10.1. The van der Waals surface area contributed by atoms with Gasteiger partial charge in [-0.2, -0.15) is 0 Å². The maximum Gasteiger partial charge on any atom is 0.294 e. The molecule has 0 saturated carbocycles. The summed E-state index contributed by atoms with van der Waals surface area (Å²) in [6.07, 6.45) is 7.92. The van der Waals surface area contributed by atoms with Crippen molar-refractivity contribution in [2.45, 2.75) is 52.0 Å². The van der Waals surface area contributed by atoms with Crippen molar-refractivity contribution in [3.05, 3.63) is 36.0 Å². The zero-order chi connectivity index (χ0) is 20.8. The van der Waals surface area contributed by atoms with Crippen LogP contribution in [0.25, 0.3) is 10.9 Å². The second-order valence-corrected chi connectivity index (χ2v) is 7.89. The van der Waals surface area contributed by atoms with E-state index < -0.39 is 11.7 Å². The Morgan fingerprint density at radius 3 is 2.41 bits per heavy atom. The number of likely N-dealkylation sites (N-methyl/N-ethyl adjacent to an activating group) is 1. The smallest absolute Gasteiger partial charge is 0.294 e. The van der Waals surface area contributed by atoms with Crippen LogP contribution in [0.2, 0.25) is 0 Å². The molecule has 0 aliphatic carbocycles. The van der Waals surface area contributed by atoms with Crippen LogP contribution in [0.3, 0.4) is 0 Å². The number of rotatable bonds is 7. The van der Waals surface area contributed by atoms with Crippen LogP contribution in [-0.4, -0.2) is 58.6 Å². The molecular weight excluding hydrogens is 366 g/mol. The third-order valence-electron chi connectivity index (χ3n) is 5.69. The van der Waals surface area contributed by atoms with E-state index in [0.717, 1.165) is 49.7 Å². The zero-order valence-corrected chi connectivity index (χ0v) is 17.5. The van der Waals surface area contributed by atoms with Crippen LogP contribution in [-0.2, 0) is 16.1 Å². The monoisotopic (exact) mass is 397 g/mol. The highest BCUT2D eigenvalue weighted by atomic mass is 16.2. The summed E-state index contributed by atoms with van der Waals surface area (Å²) < 4.78 is 1.81. The van der Waals surface area contributed by atoms with Gasteiger partial charge in [0.1, 0.15) is 6.54 Å². The quantitative estimate of drug-likeness (QED) is 0.531. The van der Waals surface area contributed by atoms with E-state index in [-0.39, 0.29) is 12.5 Å². The van der Waals surface area contributed by atoms with Crippen LogP contribution >= 0.6 is 0 Å². The number of carbonyl (C=O) groups excluding carboxylic acids is 3. The maximum absolute atomic E-state index is 12.9. The zero-order valence-electron chi connectivity index (χ0n) is 17.5. The molecule has 29 heavy (non-hydrogen) atoms. The molecule has 6 nitrogen and oxygen atoms in total. The van der Waals surface area contributed by atoms with Gasteiger partial charge in [0.2, 0.25) is 5.91 Å². The van der Waals surface area contributed by atoms with Crippen molar-refractivity contribution in [3.8, 4) is 0 Å². The van der Waals surface area contributed by atoms with E-state index in [1.165, 1.54) is 17.7 Å². The van der Waals surface area contributed by atoms with Crippen LogP contribution < -0.4 is 0 Å². The SMILES string of the molecule is CCCCN(C)C(=O)C(=O)c1cn(CC(=O)N2CCCCCC2)c2ccccc12. The number of Topliss-reactive ketones (excluding diaryl/α,β-unsaturated/α-hetero) is 1. The van der Waals surface area contributed by atoms with Crippen molar-refractivity contribution in [1.29, 1.82) is 0 Å². The lowest BCUT2D eigenvalue weighted by Crippen LogP contribution is -2.34. The first-order valence-corrected chi connectivity index (χ1v) is 10.7. The van der Waals surface area contributed by atoms with E-state index in [1.54, 1.807) is 13.2 Å². The highest BCUT2D eigenvalue weighted by molar-refractivity contribution is 6.44. The van der Waals surface area contributed by atoms with Crippen molar-refractivity contribution in [2.24, 2.45) is 0 Å². The predicted octanol–water partition coefficient (Wildman–Crippen LogP) is 3.49. The molecule has 0 N–H and O–H groups in total. The third-order valence-corrected chi connectivity index (χ3v) is 5.69. The van der Waals surface area contributed by atoms with E-state index in [1.807, 2.05) is 33.7 Å². The summed E-state index contributed by atoms with van der Waals surface area (Å²) in [7, 11) is 1.66. The molecule has 3 rings (SSSR count). The van der Waals surface area contributed by atoms with Crippen LogP contribution in [0.4, 0.5) is 0 Å². The van der Waals surface area contributed by atoms with Crippen LogP contribution in [0.5, 0.6) is 0 Å². The van der Waals surface area contributed by atoms with Gasteiger partial charge in [-0.25, -0.2) is 0 Å². The van der Waals surface area contributed by atoms with E-state index in [0.29, 0.717) is 12.1 Å². The highest BCUT2D eigenvalue weighted by Crippen LogP contribution is 2.23. The number of benzene rings is 1. The number of fused-ring (bicyclic) bond motifs is 1.